The Kier molecular flexibility index (Phi) is 5.17. The maximum absolute atomic E-state index is 11.7. The first-order chi connectivity index (χ1) is 9.65. The van der Waals surface area contributed by atoms with Gasteiger partial charge in [0.2, 0.25) is 0 Å². The van der Waals surface area contributed by atoms with Crippen LogP contribution in [0.5, 0.6) is 0 Å². The van der Waals surface area contributed by atoms with Crippen LogP contribution >= 0.6 is 15.9 Å². The molecule has 5 nitrogen and oxygen atoms in total. The van der Waals surface area contributed by atoms with E-state index in [1.165, 1.54) is 0 Å². The summed E-state index contributed by atoms with van der Waals surface area (Å²) in [4.78, 5) is 15.7. The molecule has 0 spiro atoms. The van der Waals surface area contributed by atoms with E-state index in [0.717, 1.165) is 28.7 Å². The van der Waals surface area contributed by atoms with Gasteiger partial charge < -0.3 is 15.2 Å². The summed E-state index contributed by atoms with van der Waals surface area (Å²) >= 11 is 3.43. The van der Waals surface area contributed by atoms with Crippen LogP contribution in [-0.2, 0) is 6.54 Å². The topological polar surface area (TPSA) is 59.0 Å². The van der Waals surface area contributed by atoms with Crippen molar-refractivity contribution < 1.29 is 4.79 Å². The van der Waals surface area contributed by atoms with Crippen molar-refractivity contribution in [2.45, 2.75) is 19.9 Å². The zero-order chi connectivity index (χ0) is 14.4. The fourth-order valence-corrected chi connectivity index (χ4v) is 2.36. The lowest BCUT2D eigenvalue weighted by atomic mass is 10.2. The summed E-state index contributed by atoms with van der Waals surface area (Å²) in [5.74, 6) is 0. The number of carbonyl (C=O) groups excluding carboxylic acids is 1. The molecule has 106 valence electrons. The van der Waals surface area contributed by atoms with E-state index in [1.807, 2.05) is 35.9 Å². The number of anilines is 1. The van der Waals surface area contributed by atoms with Crippen LogP contribution in [0.15, 0.2) is 41.4 Å². The standard InChI is InChI=1S/C14H17BrN4O/c1-11-3-4-13(12(15)9-11)18-14(20)17-5-2-7-19-8-6-16-10-19/h3-4,6,8-10H,2,5,7H2,1H3,(H2,17,18,20). The minimum atomic E-state index is -0.194. The van der Waals surface area contributed by atoms with Crippen LogP contribution in [0, 0.1) is 6.92 Å². The second-order valence-corrected chi connectivity index (χ2v) is 5.37. The summed E-state index contributed by atoms with van der Waals surface area (Å²) < 4.78 is 2.86. The maximum Gasteiger partial charge on any atom is 0.319 e. The summed E-state index contributed by atoms with van der Waals surface area (Å²) in [7, 11) is 0. The Morgan fingerprint density at radius 2 is 2.30 bits per heavy atom. The van der Waals surface area contributed by atoms with Crippen LogP contribution in [0.25, 0.3) is 0 Å². The highest BCUT2D eigenvalue weighted by atomic mass is 79.9. The zero-order valence-electron chi connectivity index (χ0n) is 11.3. The summed E-state index contributed by atoms with van der Waals surface area (Å²) in [6.07, 6.45) is 6.28. The molecule has 0 unspecified atom stereocenters. The lowest BCUT2D eigenvalue weighted by molar-refractivity contribution is 0.252. The predicted molar refractivity (Wildman–Crippen MR) is 82.7 cm³/mol. The molecule has 0 atom stereocenters. The Morgan fingerprint density at radius 3 is 3.00 bits per heavy atom. The van der Waals surface area contributed by atoms with Crippen molar-refractivity contribution in [2.24, 2.45) is 0 Å². The minimum absolute atomic E-state index is 0.194. The second kappa shape index (κ2) is 7.09. The zero-order valence-corrected chi connectivity index (χ0v) is 12.9. The number of urea groups is 1. The second-order valence-electron chi connectivity index (χ2n) is 4.52. The molecule has 20 heavy (non-hydrogen) atoms. The van der Waals surface area contributed by atoms with E-state index in [1.54, 1.807) is 12.5 Å². The Balaban J connectivity index is 1.72. The molecule has 1 aromatic carbocycles. The maximum atomic E-state index is 11.7. The van der Waals surface area contributed by atoms with E-state index in [9.17, 15) is 4.79 Å². The molecule has 6 heteroatoms. The summed E-state index contributed by atoms with van der Waals surface area (Å²) in [5.41, 5.74) is 1.91. The van der Waals surface area contributed by atoms with Gasteiger partial charge in [-0.15, -0.1) is 0 Å². The smallest absolute Gasteiger partial charge is 0.319 e. The average molecular weight is 337 g/mol. The van der Waals surface area contributed by atoms with Crippen molar-refractivity contribution in [3.05, 3.63) is 47.0 Å². The molecule has 1 heterocycles. The molecule has 2 N–H and O–H groups in total. The van der Waals surface area contributed by atoms with Gasteiger partial charge in [-0.3, -0.25) is 0 Å². The molecule has 0 radical (unpaired) electrons. The number of imidazole rings is 1. The van der Waals surface area contributed by atoms with Crippen molar-refractivity contribution >= 4 is 27.6 Å². The largest absolute Gasteiger partial charge is 0.338 e. The van der Waals surface area contributed by atoms with Crippen LogP contribution in [-0.4, -0.2) is 22.1 Å². The number of amides is 2. The quantitative estimate of drug-likeness (QED) is 0.824. The molecule has 0 fully saturated rings. The summed E-state index contributed by atoms with van der Waals surface area (Å²) in [6.45, 7) is 3.46. The monoisotopic (exact) mass is 336 g/mol. The molecule has 2 aromatic rings. The molecule has 0 aliphatic rings. The number of hydrogen-bond donors (Lipinski definition) is 2. The normalized spacial score (nSPS) is 10.3. The number of carbonyl (C=O) groups is 1. The lowest BCUT2D eigenvalue weighted by Gasteiger charge is -2.09. The van der Waals surface area contributed by atoms with Crippen molar-refractivity contribution in [2.75, 3.05) is 11.9 Å². The van der Waals surface area contributed by atoms with Crippen LogP contribution in [0.3, 0.4) is 0 Å². The van der Waals surface area contributed by atoms with Gasteiger partial charge in [0.15, 0.2) is 0 Å². The van der Waals surface area contributed by atoms with E-state index in [-0.39, 0.29) is 6.03 Å². The summed E-state index contributed by atoms with van der Waals surface area (Å²) in [6, 6.07) is 5.61. The number of aromatic nitrogens is 2. The molecule has 0 aliphatic carbocycles. The van der Waals surface area contributed by atoms with Crippen LogP contribution in [0.4, 0.5) is 10.5 Å². The molecular weight excluding hydrogens is 320 g/mol. The SMILES string of the molecule is Cc1ccc(NC(=O)NCCCn2ccnc2)c(Br)c1. The molecule has 0 saturated heterocycles. The van der Waals surface area contributed by atoms with Gasteiger partial charge in [-0.2, -0.15) is 0 Å². The van der Waals surface area contributed by atoms with Crippen molar-refractivity contribution in [1.82, 2.24) is 14.9 Å². The van der Waals surface area contributed by atoms with E-state index < -0.39 is 0 Å². The van der Waals surface area contributed by atoms with Gasteiger partial charge in [0.05, 0.1) is 12.0 Å². The first kappa shape index (κ1) is 14.6. The van der Waals surface area contributed by atoms with Gasteiger partial charge in [0.1, 0.15) is 0 Å². The van der Waals surface area contributed by atoms with Gasteiger partial charge in [-0.05, 0) is 47.0 Å². The third kappa shape index (κ3) is 4.38. The first-order valence-electron chi connectivity index (χ1n) is 6.42. The summed E-state index contributed by atoms with van der Waals surface area (Å²) in [5, 5.41) is 5.65. The Hall–Kier alpha value is -1.82. The molecule has 1 aromatic heterocycles. The number of nitrogens with zero attached hydrogens (tertiary/aromatic N) is 2. The van der Waals surface area contributed by atoms with Crippen LogP contribution < -0.4 is 10.6 Å². The van der Waals surface area contributed by atoms with E-state index in [4.69, 9.17) is 0 Å². The molecule has 2 amide bonds. The third-order valence-electron chi connectivity index (χ3n) is 2.81. The Morgan fingerprint density at radius 1 is 1.45 bits per heavy atom. The predicted octanol–water partition coefficient (Wildman–Crippen LogP) is 3.17. The van der Waals surface area contributed by atoms with Gasteiger partial charge in [-0.25, -0.2) is 9.78 Å². The van der Waals surface area contributed by atoms with E-state index in [0.29, 0.717) is 6.54 Å². The number of hydrogen-bond acceptors (Lipinski definition) is 2. The van der Waals surface area contributed by atoms with Gasteiger partial charge >= 0.3 is 6.03 Å². The van der Waals surface area contributed by atoms with Gasteiger partial charge in [0.25, 0.3) is 0 Å². The average Bonchev–Trinajstić information content (AvgIpc) is 2.91. The van der Waals surface area contributed by atoms with Gasteiger partial charge in [0, 0.05) is 30.0 Å². The van der Waals surface area contributed by atoms with Crippen LogP contribution in [0.1, 0.15) is 12.0 Å². The molecule has 0 aliphatic heterocycles. The third-order valence-corrected chi connectivity index (χ3v) is 3.47. The fourth-order valence-electron chi connectivity index (χ4n) is 1.77. The minimum Gasteiger partial charge on any atom is -0.338 e. The van der Waals surface area contributed by atoms with Crippen molar-refractivity contribution in [3.63, 3.8) is 0 Å². The number of benzene rings is 1. The van der Waals surface area contributed by atoms with Crippen molar-refractivity contribution in [1.29, 1.82) is 0 Å². The Bertz CT molecular complexity index is 569. The molecule has 2 rings (SSSR count). The Labute approximate surface area is 126 Å². The van der Waals surface area contributed by atoms with Crippen LogP contribution in [0.2, 0.25) is 0 Å². The fraction of sp³-hybridized carbons (Fsp3) is 0.286. The highest BCUT2D eigenvalue weighted by Crippen LogP contribution is 2.23. The molecule has 0 saturated carbocycles. The molecular formula is C14H17BrN4O. The van der Waals surface area contributed by atoms with Gasteiger partial charge in [-0.1, -0.05) is 6.07 Å². The number of aryl methyl sites for hydroxylation is 2. The number of nitrogens with one attached hydrogen (secondary N) is 2. The van der Waals surface area contributed by atoms with Crippen molar-refractivity contribution in [3.8, 4) is 0 Å². The highest BCUT2D eigenvalue weighted by molar-refractivity contribution is 9.10. The number of halogens is 1. The first-order valence-corrected chi connectivity index (χ1v) is 7.21. The molecule has 0 bridgehead atoms. The number of rotatable bonds is 5. The lowest BCUT2D eigenvalue weighted by Crippen LogP contribution is -2.30. The highest BCUT2D eigenvalue weighted by Gasteiger charge is 2.04. The van der Waals surface area contributed by atoms with E-state index in [2.05, 4.69) is 31.5 Å². The van der Waals surface area contributed by atoms with E-state index >= 15 is 0 Å².